The summed E-state index contributed by atoms with van der Waals surface area (Å²) < 4.78 is 4.65. The molecular weight excluding hydrogens is 242 g/mol. The average Bonchev–Trinajstić information content (AvgIpc) is 2.82. The van der Waals surface area contributed by atoms with Crippen molar-refractivity contribution in [2.75, 3.05) is 5.73 Å². The van der Waals surface area contributed by atoms with Crippen molar-refractivity contribution >= 4 is 23.2 Å². The molecule has 0 fully saturated rings. The van der Waals surface area contributed by atoms with Crippen LogP contribution in [0, 0.1) is 0 Å². The van der Waals surface area contributed by atoms with E-state index in [2.05, 4.69) is 15.0 Å². The van der Waals surface area contributed by atoms with E-state index in [9.17, 15) is 4.79 Å². The van der Waals surface area contributed by atoms with Crippen LogP contribution in [0.3, 0.4) is 0 Å². The molecule has 0 unspecified atom stereocenters. The van der Waals surface area contributed by atoms with Gasteiger partial charge < -0.3 is 15.6 Å². The van der Waals surface area contributed by atoms with Gasteiger partial charge in [-0.3, -0.25) is 4.79 Å². The predicted molar refractivity (Wildman–Crippen MR) is 63.5 cm³/mol. The van der Waals surface area contributed by atoms with Crippen LogP contribution in [0.15, 0.2) is 35.1 Å². The Bertz CT molecular complexity index is 526. The van der Waals surface area contributed by atoms with Crippen molar-refractivity contribution < 1.29 is 9.32 Å². The van der Waals surface area contributed by atoms with E-state index in [1.165, 1.54) is 6.26 Å². The molecule has 5 nitrogen and oxygen atoms in total. The Kier molecular flexibility index (Phi) is 3.30. The molecule has 0 aliphatic carbocycles. The first-order valence-corrected chi connectivity index (χ1v) is 5.27. The second-order valence-electron chi connectivity index (χ2n) is 3.38. The van der Waals surface area contributed by atoms with E-state index in [1.807, 2.05) is 0 Å². The molecule has 17 heavy (non-hydrogen) atoms. The minimum Gasteiger partial charge on any atom is -0.398 e. The standard InChI is InChI=1S/C11H10ClN3O2/c12-10-8(2-1-3-9(10)13)11(16)14-6-7-4-5-17-15-7/h1-5H,6,13H2,(H,14,16). The third-order valence-corrected chi connectivity index (χ3v) is 2.62. The maximum absolute atomic E-state index is 11.8. The van der Waals surface area contributed by atoms with Gasteiger partial charge in [-0.25, -0.2) is 0 Å². The lowest BCUT2D eigenvalue weighted by atomic mass is 10.2. The quantitative estimate of drug-likeness (QED) is 0.816. The van der Waals surface area contributed by atoms with Gasteiger partial charge in [-0.1, -0.05) is 22.8 Å². The number of benzene rings is 1. The number of nitrogens with two attached hydrogens (primary N) is 1. The van der Waals surface area contributed by atoms with Gasteiger partial charge in [-0.15, -0.1) is 0 Å². The van der Waals surface area contributed by atoms with Crippen LogP contribution in [0.4, 0.5) is 5.69 Å². The number of carbonyl (C=O) groups excluding carboxylic acids is 1. The first kappa shape index (κ1) is 11.5. The van der Waals surface area contributed by atoms with E-state index in [-0.39, 0.29) is 17.5 Å². The molecule has 0 saturated carbocycles. The monoisotopic (exact) mass is 251 g/mol. The van der Waals surface area contributed by atoms with Gasteiger partial charge in [0.05, 0.1) is 22.8 Å². The number of amides is 1. The van der Waals surface area contributed by atoms with Crippen molar-refractivity contribution in [3.63, 3.8) is 0 Å². The fourth-order valence-electron chi connectivity index (χ4n) is 1.32. The summed E-state index contributed by atoms with van der Waals surface area (Å²) in [6.07, 6.45) is 1.44. The lowest BCUT2D eigenvalue weighted by Gasteiger charge is -2.06. The Labute approximate surface area is 103 Å². The number of nitrogens with zero attached hydrogens (tertiary/aromatic N) is 1. The molecule has 0 radical (unpaired) electrons. The van der Waals surface area contributed by atoms with Gasteiger partial charge >= 0.3 is 0 Å². The first-order valence-electron chi connectivity index (χ1n) is 4.90. The van der Waals surface area contributed by atoms with Crippen LogP contribution in [-0.2, 0) is 6.54 Å². The maximum atomic E-state index is 11.8. The molecule has 0 spiro atoms. The Morgan fingerprint density at radius 3 is 3.00 bits per heavy atom. The summed E-state index contributed by atoms with van der Waals surface area (Å²) in [6, 6.07) is 6.58. The Morgan fingerprint density at radius 2 is 2.29 bits per heavy atom. The van der Waals surface area contributed by atoms with Crippen molar-refractivity contribution in [1.29, 1.82) is 0 Å². The normalized spacial score (nSPS) is 10.2. The molecule has 0 aliphatic heterocycles. The zero-order valence-electron chi connectivity index (χ0n) is 8.81. The largest absolute Gasteiger partial charge is 0.398 e. The van der Waals surface area contributed by atoms with Crippen molar-refractivity contribution in [2.24, 2.45) is 0 Å². The molecule has 3 N–H and O–H groups in total. The van der Waals surface area contributed by atoms with Crippen LogP contribution in [0.1, 0.15) is 16.1 Å². The fourth-order valence-corrected chi connectivity index (χ4v) is 1.53. The average molecular weight is 252 g/mol. The van der Waals surface area contributed by atoms with E-state index in [1.54, 1.807) is 24.3 Å². The topological polar surface area (TPSA) is 81.2 Å². The Balaban J connectivity index is 2.07. The van der Waals surface area contributed by atoms with Crippen molar-refractivity contribution in [2.45, 2.75) is 6.54 Å². The molecule has 0 saturated heterocycles. The van der Waals surface area contributed by atoms with Crippen LogP contribution in [0.25, 0.3) is 0 Å². The molecule has 88 valence electrons. The smallest absolute Gasteiger partial charge is 0.253 e. The summed E-state index contributed by atoms with van der Waals surface area (Å²) >= 11 is 5.93. The molecule has 1 aromatic heterocycles. The van der Waals surface area contributed by atoms with Crippen LogP contribution in [0.2, 0.25) is 5.02 Å². The van der Waals surface area contributed by atoms with Gasteiger partial charge in [0, 0.05) is 6.07 Å². The summed E-state index contributed by atoms with van der Waals surface area (Å²) in [5, 5.41) is 6.60. The number of hydrogen-bond donors (Lipinski definition) is 2. The predicted octanol–water partition coefficient (Wildman–Crippen LogP) is 1.84. The van der Waals surface area contributed by atoms with Gasteiger partial charge in [0.25, 0.3) is 5.91 Å². The van der Waals surface area contributed by atoms with Crippen LogP contribution < -0.4 is 11.1 Å². The van der Waals surface area contributed by atoms with Gasteiger partial charge in [-0.2, -0.15) is 0 Å². The molecule has 2 rings (SSSR count). The lowest BCUT2D eigenvalue weighted by molar-refractivity contribution is 0.0950. The van der Waals surface area contributed by atoms with Gasteiger partial charge in [-0.05, 0) is 12.1 Å². The Hall–Kier alpha value is -2.01. The molecule has 1 amide bonds. The second-order valence-corrected chi connectivity index (χ2v) is 3.76. The zero-order valence-corrected chi connectivity index (χ0v) is 9.57. The number of hydrogen-bond acceptors (Lipinski definition) is 4. The minimum atomic E-state index is -0.301. The maximum Gasteiger partial charge on any atom is 0.253 e. The summed E-state index contributed by atoms with van der Waals surface area (Å²) in [4.78, 5) is 11.8. The minimum absolute atomic E-state index is 0.255. The molecule has 0 aliphatic rings. The molecule has 1 heterocycles. The number of anilines is 1. The summed E-state index contributed by atoms with van der Waals surface area (Å²) in [6.45, 7) is 0.278. The van der Waals surface area contributed by atoms with E-state index < -0.39 is 0 Å². The van der Waals surface area contributed by atoms with Crippen molar-refractivity contribution in [3.05, 3.63) is 46.8 Å². The van der Waals surface area contributed by atoms with Crippen molar-refractivity contribution in [1.82, 2.24) is 10.5 Å². The number of nitrogen functional groups attached to an aromatic ring is 1. The first-order chi connectivity index (χ1) is 8.18. The lowest BCUT2D eigenvalue weighted by Crippen LogP contribution is -2.23. The van der Waals surface area contributed by atoms with E-state index in [4.69, 9.17) is 17.3 Å². The Morgan fingerprint density at radius 1 is 1.47 bits per heavy atom. The SMILES string of the molecule is Nc1cccc(C(=O)NCc2ccon2)c1Cl. The second kappa shape index (κ2) is 4.88. The van der Waals surface area contributed by atoms with Gasteiger partial charge in [0.1, 0.15) is 12.0 Å². The molecule has 2 aromatic rings. The fraction of sp³-hybridized carbons (Fsp3) is 0.0909. The molecule has 0 atom stereocenters. The number of rotatable bonds is 3. The summed E-state index contributed by atoms with van der Waals surface area (Å²) in [5.41, 5.74) is 6.97. The molecular formula is C11H10ClN3O2. The zero-order chi connectivity index (χ0) is 12.3. The third kappa shape index (κ3) is 2.57. The highest BCUT2D eigenvalue weighted by Crippen LogP contribution is 2.22. The number of carbonyl (C=O) groups is 1. The number of nitrogens with one attached hydrogen (secondary N) is 1. The van der Waals surface area contributed by atoms with E-state index in [0.29, 0.717) is 16.9 Å². The number of aromatic nitrogens is 1. The molecule has 6 heteroatoms. The van der Waals surface area contributed by atoms with Crippen LogP contribution in [-0.4, -0.2) is 11.1 Å². The molecule has 0 bridgehead atoms. The highest BCUT2D eigenvalue weighted by atomic mass is 35.5. The van der Waals surface area contributed by atoms with Gasteiger partial charge in [0.15, 0.2) is 0 Å². The van der Waals surface area contributed by atoms with Crippen molar-refractivity contribution in [3.8, 4) is 0 Å². The van der Waals surface area contributed by atoms with Crippen LogP contribution >= 0.6 is 11.6 Å². The highest BCUT2D eigenvalue weighted by Gasteiger charge is 2.11. The van der Waals surface area contributed by atoms with E-state index in [0.717, 1.165) is 0 Å². The van der Waals surface area contributed by atoms with E-state index >= 15 is 0 Å². The van der Waals surface area contributed by atoms with Gasteiger partial charge in [0.2, 0.25) is 0 Å². The third-order valence-electron chi connectivity index (χ3n) is 2.19. The molecule has 1 aromatic carbocycles. The number of halogens is 1. The highest BCUT2D eigenvalue weighted by molar-refractivity contribution is 6.36. The summed E-state index contributed by atoms with van der Waals surface area (Å²) in [5.74, 6) is -0.301. The summed E-state index contributed by atoms with van der Waals surface area (Å²) in [7, 11) is 0. The van der Waals surface area contributed by atoms with Crippen LogP contribution in [0.5, 0.6) is 0 Å².